The Bertz CT molecular complexity index is 721. The monoisotopic (exact) mass is 368 g/mol. The van der Waals surface area contributed by atoms with Crippen LogP contribution in [0.15, 0.2) is 36.7 Å². The van der Waals surface area contributed by atoms with Gasteiger partial charge in [0.25, 0.3) is 0 Å². The lowest BCUT2D eigenvalue weighted by molar-refractivity contribution is -0.0242. The zero-order valence-electron chi connectivity index (χ0n) is 16.7. The summed E-state index contributed by atoms with van der Waals surface area (Å²) < 4.78 is 5.54. The molecule has 4 rings (SSSR count). The van der Waals surface area contributed by atoms with Crippen LogP contribution in [-0.2, 0) is 17.7 Å². The van der Waals surface area contributed by atoms with Gasteiger partial charge in [-0.2, -0.15) is 0 Å². The topological polar surface area (TPSA) is 44.4 Å². The molecule has 0 aliphatic carbocycles. The van der Waals surface area contributed by atoms with E-state index < -0.39 is 0 Å². The number of aryl methyl sites for hydroxylation is 1. The van der Waals surface area contributed by atoms with Gasteiger partial charge in [-0.3, -0.25) is 9.80 Å². The summed E-state index contributed by atoms with van der Waals surface area (Å²) in [6.07, 6.45) is 4.13. The maximum atomic E-state index is 5.54. The van der Waals surface area contributed by atoms with Crippen LogP contribution in [0.1, 0.15) is 43.1 Å². The number of ether oxygens (including phenoxy) is 1. The molecule has 27 heavy (non-hydrogen) atoms. The number of benzene rings is 1. The fraction of sp³-hybridized carbons (Fsp3) is 0.591. The van der Waals surface area contributed by atoms with Crippen molar-refractivity contribution >= 4 is 0 Å². The fourth-order valence-corrected chi connectivity index (χ4v) is 4.65. The van der Waals surface area contributed by atoms with E-state index in [-0.39, 0.29) is 5.54 Å². The van der Waals surface area contributed by atoms with Crippen LogP contribution >= 0.6 is 0 Å². The van der Waals surface area contributed by atoms with Gasteiger partial charge in [-0.15, -0.1) is 0 Å². The third kappa shape index (κ3) is 4.42. The molecule has 1 aromatic carbocycles. The number of morpholine rings is 1. The van der Waals surface area contributed by atoms with E-state index in [1.54, 1.807) is 0 Å². The van der Waals surface area contributed by atoms with E-state index in [0.717, 1.165) is 58.8 Å². The number of imidazole rings is 1. The summed E-state index contributed by atoms with van der Waals surface area (Å²) >= 11 is 0. The molecule has 5 heteroatoms. The minimum absolute atomic E-state index is 0.158. The Morgan fingerprint density at radius 3 is 2.74 bits per heavy atom. The van der Waals surface area contributed by atoms with Gasteiger partial charge >= 0.3 is 0 Å². The Morgan fingerprint density at radius 2 is 1.96 bits per heavy atom. The summed E-state index contributed by atoms with van der Waals surface area (Å²) in [5, 5.41) is 0. The molecule has 2 aliphatic heterocycles. The molecule has 3 heterocycles. The first-order chi connectivity index (χ1) is 13.1. The summed E-state index contributed by atoms with van der Waals surface area (Å²) in [6, 6.07) is 10.8. The van der Waals surface area contributed by atoms with Gasteiger partial charge in [0.2, 0.25) is 0 Å². The first-order valence-electron chi connectivity index (χ1n) is 10.2. The number of aromatic amines is 1. The molecule has 0 spiro atoms. The quantitative estimate of drug-likeness (QED) is 0.851. The maximum Gasteiger partial charge on any atom is 0.0925 e. The van der Waals surface area contributed by atoms with Gasteiger partial charge in [0, 0.05) is 44.2 Å². The van der Waals surface area contributed by atoms with Crippen LogP contribution in [0.4, 0.5) is 0 Å². The molecule has 2 aromatic rings. The number of H-pyrrole nitrogens is 1. The third-order valence-corrected chi connectivity index (χ3v) is 6.10. The summed E-state index contributed by atoms with van der Waals surface area (Å²) in [5.74, 6) is 0.501. The van der Waals surface area contributed by atoms with Gasteiger partial charge in [-0.25, -0.2) is 4.98 Å². The Balaban J connectivity index is 1.42. The van der Waals surface area contributed by atoms with Crippen LogP contribution in [0.25, 0.3) is 0 Å². The number of rotatable bonds is 6. The maximum absolute atomic E-state index is 5.54. The smallest absolute Gasteiger partial charge is 0.0925 e. The molecule has 0 bridgehead atoms. The van der Waals surface area contributed by atoms with E-state index in [0.29, 0.717) is 5.92 Å². The standard InChI is InChI=1S/C22H32N4O/c1-22(2,26-10-12-27-13-11-26)16-25-14-19(21-20(15-25)23-17-24-21)9-8-18-6-4-3-5-7-18/h3-7,17,19H,8-16H2,1-2H3,(H,23,24). The second-order valence-electron chi connectivity index (χ2n) is 8.57. The van der Waals surface area contributed by atoms with Crippen LogP contribution in [0.5, 0.6) is 0 Å². The summed E-state index contributed by atoms with van der Waals surface area (Å²) in [7, 11) is 0. The molecule has 1 unspecified atom stereocenters. The summed E-state index contributed by atoms with van der Waals surface area (Å²) in [6.45, 7) is 11.7. The number of hydrogen-bond acceptors (Lipinski definition) is 4. The van der Waals surface area contributed by atoms with Crippen molar-refractivity contribution in [2.24, 2.45) is 0 Å². The second kappa shape index (κ2) is 8.13. The Labute approximate surface area is 162 Å². The highest BCUT2D eigenvalue weighted by Gasteiger charge is 2.34. The van der Waals surface area contributed by atoms with Crippen LogP contribution in [0.3, 0.4) is 0 Å². The van der Waals surface area contributed by atoms with Crippen molar-refractivity contribution in [3.8, 4) is 0 Å². The van der Waals surface area contributed by atoms with Crippen LogP contribution < -0.4 is 0 Å². The molecule has 1 N–H and O–H groups in total. The molecular formula is C22H32N4O. The van der Waals surface area contributed by atoms with Crippen molar-refractivity contribution < 1.29 is 4.74 Å². The summed E-state index contributed by atoms with van der Waals surface area (Å²) in [5.41, 5.74) is 4.16. The van der Waals surface area contributed by atoms with E-state index in [1.165, 1.54) is 17.0 Å². The van der Waals surface area contributed by atoms with Crippen LogP contribution in [0.2, 0.25) is 0 Å². The zero-order valence-corrected chi connectivity index (χ0v) is 16.7. The van der Waals surface area contributed by atoms with Crippen molar-refractivity contribution in [2.45, 2.75) is 44.7 Å². The highest BCUT2D eigenvalue weighted by Crippen LogP contribution is 2.31. The van der Waals surface area contributed by atoms with Crippen molar-refractivity contribution in [3.63, 3.8) is 0 Å². The predicted octanol–water partition coefficient (Wildman–Crippen LogP) is 3.05. The number of nitrogens with one attached hydrogen (secondary N) is 1. The van der Waals surface area contributed by atoms with Gasteiger partial charge < -0.3 is 9.72 Å². The molecule has 5 nitrogen and oxygen atoms in total. The molecule has 1 aromatic heterocycles. The van der Waals surface area contributed by atoms with E-state index in [4.69, 9.17) is 4.74 Å². The lowest BCUT2D eigenvalue weighted by Crippen LogP contribution is -2.56. The normalized spacial score (nSPS) is 21.9. The molecule has 2 aliphatic rings. The van der Waals surface area contributed by atoms with E-state index in [9.17, 15) is 0 Å². The zero-order chi connectivity index (χ0) is 18.7. The minimum atomic E-state index is 0.158. The number of aromatic nitrogens is 2. The summed E-state index contributed by atoms with van der Waals surface area (Å²) in [4.78, 5) is 13.3. The van der Waals surface area contributed by atoms with Crippen molar-refractivity contribution in [2.75, 3.05) is 39.4 Å². The highest BCUT2D eigenvalue weighted by molar-refractivity contribution is 5.22. The molecule has 146 valence electrons. The van der Waals surface area contributed by atoms with Crippen LogP contribution in [0, 0.1) is 0 Å². The Hall–Kier alpha value is -1.69. The minimum Gasteiger partial charge on any atom is -0.379 e. The lowest BCUT2D eigenvalue weighted by Gasteiger charge is -2.45. The van der Waals surface area contributed by atoms with Gasteiger partial charge in [-0.05, 0) is 32.3 Å². The third-order valence-electron chi connectivity index (χ3n) is 6.10. The molecule has 1 saturated heterocycles. The Morgan fingerprint density at radius 1 is 1.19 bits per heavy atom. The van der Waals surface area contributed by atoms with E-state index >= 15 is 0 Å². The molecule has 1 fully saturated rings. The average molecular weight is 369 g/mol. The van der Waals surface area contributed by atoms with Crippen molar-refractivity contribution in [3.05, 3.63) is 53.6 Å². The molecule has 0 amide bonds. The van der Waals surface area contributed by atoms with Gasteiger partial charge in [0.1, 0.15) is 0 Å². The lowest BCUT2D eigenvalue weighted by atomic mass is 9.90. The molecule has 0 saturated carbocycles. The average Bonchev–Trinajstić information content (AvgIpc) is 3.16. The second-order valence-corrected chi connectivity index (χ2v) is 8.57. The molecule has 1 atom stereocenters. The fourth-order valence-electron chi connectivity index (χ4n) is 4.65. The SMILES string of the molecule is CC(C)(CN1Cc2[nH]cnc2C(CCc2ccccc2)C1)N1CCOCC1. The highest BCUT2D eigenvalue weighted by atomic mass is 16.5. The van der Waals surface area contributed by atoms with E-state index in [2.05, 4.69) is 63.9 Å². The van der Waals surface area contributed by atoms with Crippen molar-refractivity contribution in [1.82, 2.24) is 19.8 Å². The largest absolute Gasteiger partial charge is 0.379 e. The number of nitrogens with zero attached hydrogens (tertiary/aromatic N) is 3. The van der Waals surface area contributed by atoms with Gasteiger partial charge in [0.05, 0.1) is 30.9 Å². The first kappa shape index (κ1) is 18.7. The number of fused-ring (bicyclic) bond motifs is 1. The van der Waals surface area contributed by atoms with Crippen LogP contribution in [-0.4, -0.2) is 64.7 Å². The predicted molar refractivity (Wildman–Crippen MR) is 108 cm³/mol. The van der Waals surface area contributed by atoms with Gasteiger partial charge in [0.15, 0.2) is 0 Å². The van der Waals surface area contributed by atoms with Crippen molar-refractivity contribution in [1.29, 1.82) is 0 Å². The molecule has 0 radical (unpaired) electrons. The Kier molecular flexibility index (Phi) is 5.62. The van der Waals surface area contributed by atoms with Gasteiger partial charge in [-0.1, -0.05) is 30.3 Å². The number of hydrogen-bond donors (Lipinski definition) is 1. The first-order valence-corrected chi connectivity index (χ1v) is 10.2. The van der Waals surface area contributed by atoms with E-state index in [1.807, 2.05) is 6.33 Å². The molecular weight excluding hydrogens is 336 g/mol.